The first-order valence-electron chi connectivity index (χ1n) is 8.43. The maximum Gasteiger partial charge on any atom is 0.210 e. The number of nitrogens with zero attached hydrogens (tertiary/aromatic N) is 2. The maximum atomic E-state index is 12.8. The molecule has 1 aliphatic heterocycles. The molecule has 130 valence electrons. The topological polar surface area (TPSA) is 49.9 Å². The summed E-state index contributed by atoms with van der Waals surface area (Å²) in [5.41, 5.74) is 2.43. The largest absolute Gasteiger partial charge is 0.497 e. The Kier molecular flexibility index (Phi) is 4.05. The van der Waals surface area contributed by atoms with E-state index >= 15 is 0 Å². The molecule has 2 aliphatic rings. The first-order valence-corrected chi connectivity index (χ1v) is 8.43. The minimum Gasteiger partial charge on any atom is -0.497 e. The third kappa shape index (κ3) is 2.77. The normalized spacial score (nSPS) is 16.4. The quantitative estimate of drug-likeness (QED) is 0.854. The zero-order valence-electron chi connectivity index (χ0n) is 14.4. The predicted octanol–water partition coefficient (Wildman–Crippen LogP) is 3.25. The van der Waals surface area contributed by atoms with Crippen LogP contribution < -0.4 is 9.64 Å². The van der Waals surface area contributed by atoms with Crippen molar-refractivity contribution in [3.8, 4) is 5.75 Å². The summed E-state index contributed by atoms with van der Waals surface area (Å²) in [5, 5.41) is 0. The van der Waals surface area contributed by atoms with Gasteiger partial charge < -0.3 is 14.5 Å². The number of anilines is 1. The first kappa shape index (κ1) is 16.1. The highest BCUT2D eigenvalue weighted by Crippen LogP contribution is 2.26. The number of fused-ring (bicyclic) bond motifs is 1. The average molecular weight is 346 g/mol. The van der Waals surface area contributed by atoms with Crippen molar-refractivity contribution in [2.75, 3.05) is 25.1 Å². The number of carbonyl (C=O) groups excluding carboxylic acids is 2. The van der Waals surface area contributed by atoms with Crippen molar-refractivity contribution in [1.29, 1.82) is 0 Å². The molecule has 0 amide bonds. The second-order valence-electron chi connectivity index (χ2n) is 6.15. The molecule has 0 radical (unpaired) electrons. The molecule has 0 saturated carbocycles. The second kappa shape index (κ2) is 6.52. The standard InChI is InChI=1S/C21H18N2O3/c1-26-16-8-6-15(7-9-16)22-10-12-23(13-11-22)19-14-20(24)17-4-2-3-5-18(17)21(19)25/h2-10,12,14H,11,13H2,1H3. The average Bonchev–Trinajstić information content (AvgIpc) is 2.71. The Morgan fingerprint density at radius 3 is 2.15 bits per heavy atom. The molecule has 2 aromatic carbocycles. The Morgan fingerprint density at radius 1 is 0.846 bits per heavy atom. The van der Waals surface area contributed by atoms with Crippen LogP contribution in [-0.2, 0) is 0 Å². The van der Waals surface area contributed by atoms with Gasteiger partial charge in [0.25, 0.3) is 0 Å². The number of hydrogen-bond donors (Lipinski definition) is 0. The van der Waals surface area contributed by atoms with Gasteiger partial charge in [0, 0.05) is 48.4 Å². The van der Waals surface area contributed by atoms with Gasteiger partial charge in [0.2, 0.25) is 5.78 Å². The Balaban J connectivity index is 1.55. The number of Topliss-reactive ketones (excluding diaryl/α,β-unsaturated/α-hetero) is 1. The van der Waals surface area contributed by atoms with Crippen LogP contribution in [0.15, 0.2) is 72.7 Å². The van der Waals surface area contributed by atoms with Crippen LogP contribution in [0.25, 0.3) is 0 Å². The SMILES string of the molecule is COc1ccc(N2C=CN(C3=CC(=O)c4ccccc4C3=O)CC2)cc1. The Labute approximate surface area is 151 Å². The van der Waals surface area contributed by atoms with Crippen LogP contribution >= 0.6 is 0 Å². The Hall–Kier alpha value is -3.34. The second-order valence-corrected chi connectivity index (χ2v) is 6.15. The smallest absolute Gasteiger partial charge is 0.210 e. The number of ketones is 2. The molecular formula is C21H18N2O3. The molecule has 0 fully saturated rings. The van der Waals surface area contributed by atoms with E-state index in [1.165, 1.54) is 6.08 Å². The van der Waals surface area contributed by atoms with Crippen LogP contribution in [0.2, 0.25) is 0 Å². The minimum absolute atomic E-state index is 0.109. The van der Waals surface area contributed by atoms with Crippen molar-refractivity contribution in [3.63, 3.8) is 0 Å². The summed E-state index contributed by atoms with van der Waals surface area (Å²) in [6.07, 6.45) is 5.21. The van der Waals surface area contributed by atoms with Gasteiger partial charge >= 0.3 is 0 Å². The molecule has 5 heteroatoms. The van der Waals surface area contributed by atoms with Crippen LogP contribution in [0.5, 0.6) is 5.75 Å². The van der Waals surface area contributed by atoms with Crippen molar-refractivity contribution in [3.05, 3.63) is 83.8 Å². The fraction of sp³-hybridized carbons (Fsp3) is 0.143. The summed E-state index contributed by atoms with van der Waals surface area (Å²) in [4.78, 5) is 29.0. The van der Waals surface area contributed by atoms with E-state index < -0.39 is 0 Å². The van der Waals surface area contributed by atoms with E-state index in [1.54, 1.807) is 31.4 Å². The van der Waals surface area contributed by atoms with Crippen LogP contribution in [0.3, 0.4) is 0 Å². The van der Waals surface area contributed by atoms with Gasteiger partial charge in [0.05, 0.1) is 12.8 Å². The van der Waals surface area contributed by atoms with Gasteiger partial charge in [-0.1, -0.05) is 24.3 Å². The van der Waals surface area contributed by atoms with Crippen molar-refractivity contribution in [1.82, 2.24) is 4.90 Å². The summed E-state index contributed by atoms with van der Waals surface area (Å²) in [5.74, 6) is 0.579. The number of rotatable bonds is 3. The number of carbonyl (C=O) groups is 2. The van der Waals surface area contributed by atoms with Crippen molar-refractivity contribution >= 4 is 17.3 Å². The lowest BCUT2D eigenvalue weighted by molar-refractivity contribution is 0.0961. The molecule has 0 unspecified atom stereocenters. The molecule has 0 aromatic heterocycles. The summed E-state index contributed by atoms with van der Waals surface area (Å²) in [6.45, 7) is 1.33. The third-order valence-electron chi connectivity index (χ3n) is 4.66. The predicted molar refractivity (Wildman–Crippen MR) is 99.4 cm³/mol. The molecule has 0 atom stereocenters. The number of allylic oxidation sites excluding steroid dienone is 2. The molecule has 0 N–H and O–H groups in total. The molecule has 0 saturated heterocycles. The van der Waals surface area contributed by atoms with Crippen LogP contribution in [0.4, 0.5) is 5.69 Å². The lowest BCUT2D eigenvalue weighted by Crippen LogP contribution is -2.37. The third-order valence-corrected chi connectivity index (χ3v) is 4.66. The van der Waals surface area contributed by atoms with Crippen LogP contribution in [0, 0.1) is 0 Å². The maximum absolute atomic E-state index is 12.8. The fourth-order valence-electron chi connectivity index (χ4n) is 3.23. The van der Waals surface area contributed by atoms with E-state index in [2.05, 4.69) is 4.90 Å². The highest BCUT2D eigenvalue weighted by atomic mass is 16.5. The molecule has 4 rings (SSSR count). The highest BCUT2D eigenvalue weighted by molar-refractivity contribution is 6.24. The highest BCUT2D eigenvalue weighted by Gasteiger charge is 2.29. The number of benzene rings is 2. The van der Waals surface area contributed by atoms with E-state index in [9.17, 15) is 9.59 Å². The van der Waals surface area contributed by atoms with E-state index in [4.69, 9.17) is 4.74 Å². The molecule has 5 nitrogen and oxygen atoms in total. The van der Waals surface area contributed by atoms with E-state index in [0.29, 0.717) is 29.9 Å². The summed E-state index contributed by atoms with van der Waals surface area (Å²) < 4.78 is 5.18. The van der Waals surface area contributed by atoms with Gasteiger partial charge in [0.1, 0.15) is 5.75 Å². The lowest BCUT2D eigenvalue weighted by Gasteiger charge is -2.33. The van der Waals surface area contributed by atoms with Gasteiger partial charge in [-0.15, -0.1) is 0 Å². The molecular weight excluding hydrogens is 328 g/mol. The summed E-state index contributed by atoms with van der Waals surface area (Å²) >= 11 is 0. The monoisotopic (exact) mass is 346 g/mol. The lowest BCUT2D eigenvalue weighted by atomic mass is 9.92. The van der Waals surface area contributed by atoms with E-state index in [-0.39, 0.29) is 11.6 Å². The fourth-order valence-corrected chi connectivity index (χ4v) is 3.23. The molecule has 1 heterocycles. The molecule has 1 aliphatic carbocycles. The van der Waals surface area contributed by atoms with Crippen LogP contribution in [0.1, 0.15) is 20.7 Å². The van der Waals surface area contributed by atoms with Crippen molar-refractivity contribution in [2.45, 2.75) is 0 Å². The Bertz CT molecular complexity index is 929. The molecule has 26 heavy (non-hydrogen) atoms. The Morgan fingerprint density at radius 2 is 1.50 bits per heavy atom. The van der Waals surface area contributed by atoms with Crippen LogP contribution in [-0.4, -0.2) is 36.7 Å². The number of ether oxygens (including phenoxy) is 1. The first-order chi connectivity index (χ1) is 12.7. The molecule has 0 bridgehead atoms. The van der Waals surface area contributed by atoms with Gasteiger partial charge in [-0.2, -0.15) is 0 Å². The minimum atomic E-state index is -0.124. The zero-order chi connectivity index (χ0) is 18.1. The summed E-state index contributed by atoms with van der Waals surface area (Å²) in [6, 6.07) is 14.8. The number of methoxy groups -OCH3 is 1. The van der Waals surface area contributed by atoms with Crippen molar-refractivity contribution < 1.29 is 14.3 Å². The van der Waals surface area contributed by atoms with Gasteiger partial charge in [-0.05, 0) is 24.3 Å². The van der Waals surface area contributed by atoms with Gasteiger partial charge in [-0.3, -0.25) is 9.59 Å². The molecule has 2 aromatic rings. The van der Waals surface area contributed by atoms with Gasteiger partial charge in [-0.25, -0.2) is 0 Å². The van der Waals surface area contributed by atoms with Crippen molar-refractivity contribution in [2.24, 2.45) is 0 Å². The molecule has 0 spiro atoms. The summed E-state index contributed by atoms with van der Waals surface area (Å²) in [7, 11) is 1.64. The van der Waals surface area contributed by atoms with E-state index in [1.807, 2.05) is 41.6 Å². The number of hydrogen-bond acceptors (Lipinski definition) is 5. The van der Waals surface area contributed by atoms with E-state index in [0.717, 1.165) is 11.4 Å². The van der Waals surface area contributed by atoms with Gasteiger partial charge in [0.15, 0.2) is 5.78 Å². The zero-order valence-corrected chi connectivity index (χ0v) is 14.4.